The Hall–Kier alpha value is -5.25. The van der Waals surface area contributed by atoms with Crippen LogP contribution >= 0.6 is 0 Å². The van der Waals surface area contributed by atoms with Gasteiger partial charge in [-0.15, -0.1) is 5.10 Å². The number of para-hydroxylation sites is 1. The molecule has 0 unspecified atom stereocenters. The van der Waals surface area contributed by atoms with Crippen LogP contribution in [0.4, 0.5) is 5.82 Å². The van der Waals surface area contributed by atoms with E-state index in [1.54, 1.807) is 29.1 Å². The second-order valence-corrected chi connectivity index (χ2v) is 8.54. The molecule has 0 radical (unpaired) electrons. The first-order chi connectivity index (χ1) is 18.0. The van der Waals surface area contributed by atoms with Gasteiger partial charge in [0.1, 0.15) is 17.5 Å². The second-order valence-electron chi connectivity index (χ2n) is 8.54. The first kappa shape index (κ1) is 22.2. The number of rotatable bonds is 5. The topological polar surface area (TPSA) is 133 Å². The molecule has 10 nitrogen and oxygen atoms in total. The van der Waals surface area contributed by atoms with Crippen LogP contribution in [0, 0.1) is 0 Å². The minimum absolute atomic E-state index is 0.0691. The van der Waals surface area contributed by atoms with E-state index in [0.29, 0.717) is 39.1 Å². The Kier molecular flexibility index (Phi) is 5.26. The van der Waals surface area contributed by atoms with Crippen molar-refractivity contribution >= 4 is 28.1 Å². The van der Waals surface area contributed by atoms with Crippen LogP contribution in [0.3, 0.4) is 0 Å². The van der Waals surface area contributed by atoms with Crippen LogP contribution in [0.1, 0.15) is 29.0 Å². The maximum Gasteiger partial charge on any atom is 0.263 e. The largest absolute Gasteiger partial charge is 0.381 e. The van der Waals surface area contributed by atoms with Crippen molar-refractivity contribution in [3.8, 4) is 16.9 Å². The average Bonchev–Trinajstić information content (AvgIpc) is 3.56. The first-order valence-electron chi connectivity index (χ1n) is 11.6. The predicted molar refractivity (Wildman–Crippen MR) is 138 cm³/mol. The van der Waals surface area contributed by atoms with E-state index in [1.165, 1.54) is 10.8 Å². The Morgan fingerprint density at radius 1 is 1.08 bits per heavy atom. The first-order valence-corrected chi connectivity index (χ1v) is 11.6. The van der Waals surface area contributed by atoms with Crippen LogP contribution in [-0.2, 0) is 0 Å². The number of nitrogens with one attached hydrogen (secondary N) is 1. The lowest BCUT2D eigenvalue weighted by Gasteiger charge is -2.21. The van der Waals surface area contributed by atoms with Gasteiger partial charge in [-0.3, -0.25) is 14.2 Å². The second kappa shape index (κ2) is 8.76. The number of nitrogens with two attached hydrogens (primary N) is 1. The quantitative estimate of drug-likeness (QED) is 0.375. The third-order valence-corrected chi connectivity index (χ3v) is 6.24. The summed E-state index contributed by atoms with van der Waals surface area (Å²) in [7, 11) is 0. The van der Waals surface area contributed by atoms with Crippen molar-refractivity contribution in [3.63, 3.8) is 0 Å². The fourth-order valence-electron chi connectivity index (χ4n) is 4.57. The van der Waals surface area contributed by atoms with Gasteiger partial charge in [0.2, 0.25) is 0 Å². The molecule has 4 aromatic heterocycles. The van der Waals surface area contributed by atoms with E-state index in [-0.39, 0.29) is 16.9 Å². The number of nitrogen functional groups attached to an aromatic ring is 1. The zero-order chi connectivity index (χ0) is 25.5. The molecule has 0 saturated carbocycles. The lowest BCUT2D eigenvalue weighted by molar-refractivity contribution is 0.0941. The van der Waals surface area contributed by atoms with Gasteiger partial charge in [-0.1, -0.05) is 41.6 Å². The fraction of sp³-hybridized carbons (Fsp3) is 0.0741. The number of pyridine rings is 1. The standard InChI is InChI=1S/C27H21N7O3/c1-16(30-26(35)23-24(28)31-33-13-6-12-29-25(23)33)21-15-17-7-5-10-19(20-11-14-37-32-20)22(17)27(36)34(21)18-8-3-2-4-9-18/h2-16H,1H3,(H2,28,31)(H,30,35)/t16-/m0/s1. The molecule has 0 bridgehead atoms. The maximum atomic E-state index is 14.1. The highest BCUT2D eigenvalue weighted by molar-refractivity contribution is 6.04. The Labute approximate surface area is 210 Å². The Balaban J connectivity index is 1.51. The fourth-order valence-corrected chi connectivity index (χ4v) is 4.57. The number of carbonyl (C=O) groups is 1. The SMILES string of the molecule is C[C@H](NC(=O)c1c(N)nn2cccnc12)c1cc2cccc(-c3ccon3)c2c(=O)n1-c1ccccc1. The molecule has 1 atom stereocenters. The monoisotopic (exact) mass is 491 g/mol. The van der Waals surface area contributed by atoms with Gasteiger partial charge in [-0.2, -0.15) is 0 Å². The van der Waals surface area contributed by atoms with Gasteiger partial charge in [-0.05, 0) is 36.6 Å². The molecule has 0 saturated heterocycles. The molecule has 6 rings (SSSR count). The van der Waals surface area contributed by atoms with Gasteiger partial charge in [0, 0.05) is 35.4 Å². The summed E-state index contributed by atoms with van der Waals surface area (Å²) in [4.78, 5) is 31.6. The van der Waals surface area contributed by atoms with E-state index in [1.807, 2.05) is 61.5 Å². The molecule has 0 fully saturated rings. The van der Waals surface area contributed by atoms with Gasteiger partial charge < -0.3 is 15.6 Å². The van der Waals surface area contributed by atoms with E-state index < -0.39 is 11.9 Å². The van der Waals surface area contributed by atoms with Crippen molar-refractivity contribution in [2.75, 3.05) is 5.73 Å². The van der Waals surface area contributed by atoms with Crippen LogP contribution in [0.25, 0.3) is 33.4 Å². The van der Waals surface area contributed by atoms with E-state index in [2.05, 4.69) is 20.6 Å². The summed E-state index contributed by atoms with van der Waals surface area (Å²) >= 11 is 0. The van der Waals surface area contributed by atoms with Crippen LogP contribution in [0.5, 0.6) is 0 Å². The molecule has 4 heterocycles. The van der Waals surface area contributed by atoms with Gasteiger partial charge in [0.25, 0.3) is 11.5 Å². The number of anilines is 1. The van der Waals surface area contributed by atoms with Crippen molar-refractivity contribution in [1.82, 2.24) is 29.6 Å². The molecule has 6 aromatic rings. The number of benzene rings is 2. The summed E-state index contributed by atoms with van der Waals surface area (Å²) in [5.41, 5.74) is 8.82. The molecule has 0 aliphatic rings. The number of hydrogen-bond donors (Lipinski definition) is 2. The summed E-state index contributed by atoms with van der Waals surface area (Å²) in [5.74, 6) is -0.373. The van der Waals surface area contributed by atoms with Gasteiger partial charge in [0.05, 0.1) is 11.4 Å². The Bertz CT molecular complexity index is 1820. The highest BCUT2D eigenvalue weighted by Crippen LogP contribution is 2.28. The summed E-state index contributed by atoms with van der Waals surface area (Å²) in [6, 6.07) is 19.6. The van der Waals surface area contributed by atoms with E-state index in [0.717, 1.165) is 0 Å². The van der Waals surface area contributed by atoms with E-state index in [9.17, 15) is 9.59 Å². The molecule has 10 heteroatoms. The summed E-state index contributed by atoms with van der Waals surface area (Å²) in [5, 5.41) is 12.4. The van der Waals surface area contributed by atoms with Crippen molar-refractivity contribution in [2.24, 2.45) is 0 Å². The smallest absolute Gasteiger partial charge is 0.263 e. The van der Waals surface area contributed by atoms with Gasteiger partial charge >= 0.3 is 0 Å². The number of fused-ring (bicyclic) bond motifs is 2. The van der Waals surface area contributed by atoms with Crippen LogP contribution in [0.2, 0.25) is 0 Å². The van der Waals surface area contributed by atoms with Crippen LogP contribution < -0.4 is 16.6 Å². The molecule has 182 valence electrons. The number of carbonyl (C=O) groups excluding carboxylic acids is 1. The number of amides is 1. The third kappa shape index (κ3) is 3.71. The molecule has 37 heavy (non-hydrogen) atoms. The zero-order valence-corrected chi connectivity index (χ0v) is 19.7. The van der Waals surface area contributed by atoms with Crippen molar-refractivity contribution in [1.29, 1.82) is 0 Å². The number of aromatic nitrogens is 5. The van der Waals surface area contributed by atoms with Gasteiger partial charge in [0.15, 0.2) is 11.5 Å². The summed E-state index contributed by atoms with van der Waals surface area (Å²) in [6.07, 6.45) is 4.71. The Morgan fingerprint density at radius 3 is 2.70 bits per heavy atom. The Morgan fingerprint density at radius 2 is 1.92 bits per heavy atom. The molecule has 2 aromatic carbocycles. The molecular weight excluding hydrogens is 470 g/mol. The average molecular weight is 492 g/mol. The highest BCUT2D eigenvalue weighted by atomic mass is 16.5. The lowest BCUT2D eigenvalue weighted by atomic mass is 10.0. The molecule has 0 aliphatic heterocycles. The van der Waals surface area contributed by atoms with E-state index >= 15 is 0 Å². The molecule has 0 spiro atoms. The third-order valence-electron chi connectivity index (χ3n) is 6.24. The highest BCUT2D eigenvalue weighted by Gasteiger charge is 2.24. The number of nitrogens with zero attached hydrogens (tertiary/aromatic N) is 5. The maximum absolute atomic E-state index is 14.1. The zero-order valence-electron chi connectivity index (χ0n) is 19.7. The van der Waals surface area contributed by atoms with Gasteiger partial charge in [-0.25, -0.2) is 9.50 Å². The normalized spacial score (nSPS) is 12.1. The van der Waals surface area contributed by atoms with Crippen molar-refractivity contribution < 1.29 is 9.32 Å². The van der Waals surface area contributed by atoms with Crippen LogP contribution in [-0.4, -0.2) is 30.2 Å². The van der Waals surface area contributed by atoms with Crippen molar-refractivity contribution in [3.05, 3.63) is 107 Å². The molecule has 3 N–H and O–H groups in total. The minimum Gasteiger partial charge on any atom is -0.381 e. The summed E-state index contributed by atoms with van der Waals surface area (Å²) < 4.78 is 8.09. The lowest BCUT2D eigenvalue weighted by Crippen LogP contribution is -2.32. The minimum atomic E-state index is -0.571. The number of hydrogen-bond acceptors (Lipinski definition) is 7. The van der Waals surface area contributed by atoms with Crippen molar-refractivity contribution in [2.45, 2.75) is 13.0 Å². The summed E-state index contributed by atoms with van der Waals surface area (Å²) in [6.45, 7) is 1.81. The molecule has 0 aliphatic carbocycles. The molecular formula is C27H21N7O3. The predicted octanol–water partition coefficient (Wildman–Crippen LogP) is 3.76. The molecule has 1 amide bonds. The van der Waals surface area contributed by atoms with E-state index in [4.69, 9.17) is 10.3 Å². The van der Waals surface area contributed by atoms with Crippen LogP contribution in [0.15, 0.2) is 94.7 Å².